The number of Topliss-reactive ketones (excluding diaryl/α,β-unsaturated/α-hetero) is 1. The topological polar surface area (TPSA) is 79.2 Å². The smallest absolute Gasteiger partial charge is 0.287 e. The Hall–Kier alpha value is -1.69. The van der Waals surface area contributed by atoms with Crippen molar-refractivity contribution in [2.75, 3.05) is 13.6 Å². The summed E-state index contributed by atoms with van der Waals surface area (Å²) in [6, 6.07) is 1.76. The fourth-order valence-corrected chi connectivity index (χ4v) is 2.61. The van der Waals surface area contributed by atoms with E-state index < -0.39 is 4.92 Å². The second-order valence-corrected chi connectivity index (χ2v) is 5.16. The van der Waals surface area contributed by atoms with Gasteiger partial charge in [0.2, 0.25) is 0 Å². The lowest BCUT2D eigenvalue weighted by Crippen LogP contribution is -2.37. The van der Waals surface area contributed by atoms with E-state index in [0.29, 0.717) is 18.3 Å². The van der Waals surface area contributed by atoms with E-state index in [1.165, 1.54) is 31.5 Å². The number of hydrogen-bond acceptors (Lipinski definition) is 4. The number of H-pyrrole nitrogens is 1. The Kier molecular flexibility index (Phi) is 4.31. The van der Waals surface area contributed by atoms with E-state index in [1.807, 2.05) is 7.05 Å². The maximum atomic E-state index is 12.0. The predicted molar refractivity (Wildman–Crippen MR) is 71.3 cm³/mol. The third-order valence-electron chi connectivity index (χ3n) is 3.77. The SMILES string of the molecule is CN(CC(=O)c1cc([N+](=O)[O-])c[nH]1)C1CCCCC1. The second-order valence-electron chi connectivity index (χ2n) is 5.16. The number of ketones is 1. The molecule has 1 aliphatic rings. The molecule has 1 aromatic rings. The summed E-state index contributed by atoms with van der Waals surface area (Å²) in [5, 5.41) is 10.6. The highest BCUT2D eigenvalue weighted by molar-refractivity contribution is 5.96. The Balaban J connectivity index is 1.93. The van der Waals surface area contributed by atoms with E-state index >= 15 is 0 Å². The third kappa shape index (κ3) is 3.41. The minimum atomic E-state index is -0.502. The minimum absolute atomic E-state index is 0.0660. The molecule has 6 heteroatoms. The highest BCUT2D eigenvalue weighted by Crippen LogP contribution is 2.22. The molecule has 0 radical (unpaired) electrons. The molecule has 104 valence electrons. The van der Waals surface area contributed by atoms with Gasteiger partial charge in [0, 0.05) is 12.1 Å². The van der Waals surface area contributed by atoms with Gasteiger partial charge in [-0.25, -0.2) is 0 Å². The van der Waals surface area contributed by atoms with Gasteiger partial charge in [-0.2, -0.15) is 0 Å². The standard InChI is InChI=1S/C13H19N3O3/c1-15(10-5-3-2-4-6-10)9-13(17)12-7-11(8-14-12)16(18)19/h7-8,10,14H,2-6,9H2,1H3. The lowest BCUT2D eigenvalue weighted by molar-refractivity contribution is -0.384. The lowest BCUT2D eigenvalue weighted by atomic mass is 9.94. The number of hydrogen-bond donors (Lipinski definition) is 1. The Labute approximate surface area is 111 Å². The van der Waals surface area contributed by atoms with Crippen LogP contribution in [-0.2, 0) is 0 Å². The van der Waals surface area contributed by atoms with Crippen LogP contribution in [0.15, 0.2) is 12.3 Å². The van der Waals surface area contributed by atoms with Crippen LogP contribution in [0.3, 0.4) is 0 Å². The van der Waals surface area contributed by atoms with E-state index in [9.17, 15) is 14.9 Å². The number of nitrogens with zero attached hydrogens (tertiary/aromatic N) is 2. The first-order chi connectivity index (χ1) is 9.08. The second kappa shape index (κ2) is 5.97. The Morgan fingerprint density at radius 2 is 2.16 bits per heavy atom. The van der Waals surface area contributed by atoms with Crippen molar-refractivity contribution in [2.24, 2.45) is 0 Å². The summed E-state index contributed by atoms with van der Waals surface area (Å²) in [6.45, 7) is 0.308. The Morgan fingerprint density at radius 3 is 2.74 bits per heavy atom. The summed E-state index contributed by atoms with van der Waals surface area (Å²) in [5.74, 6) is -0.0961. The van der Waals surface area contributed by atoms with Crippen molar-refractivity contribution in [1.82, 2.24) is 9.88 Å². The third-order valence-corrected chi connectivity index (χ3v) is 3.77. The molecule has 0 unspecified atom stereocenters. The van der Waals surface area contributed by atoms with Gasteiger partial charge in [-0.05, 0) is 19.9 Å². The Bertz CT molecular complexity index is 463. The first-order valence-electron chi connectivity index (χ1n) is 6.64. The molecular formula is C13H19N3O3. The van der Waals surface area contributed by atoms with E-state index in [0.717, 1.165) is 12.8 Å². The molecule has 1 saturated carbocycles. The van der Waals surface area contributed by atoms with Crippen LogP contribution in [-0.4, -0.2) is 40.2 Å². The van der Waals surface area contributed by atoms with E-state index in [1.54, 1.807) is 0 Å². The molecule has 0 spiro atoms. The summed E-state index contributed by atoms with van der Waals surface area (Å²) < 4.78 is 0. The number of carbonyl (C=O) groups is 1. The van der Waals surface area contributed by atoms with E-state index in [4.69, 9.17) is 0 Å². The largest absolute Gasteiger partial charge is 0.353 e. The monoisotopic (exact) mass is 265 g/mol. The van der Waals surface area contributed by atoms with Gasteiger partial charge in [-0.15, -0.1) is 0 Å². The molecule has 1 heterocycles. The van der Waals surface area contributed by atoms with Crippen LogP contribution < -0.4 is 0 Å². The molecule has 2 rings (SSSR count). The molecular weight excluding hydrogens is 246 g/mol. The van der Waals surface area contributed by atoms with Gasteiger partial charge in [-0.1, -0.05) is 19.3 Å². The highest BCUT2D eigenvalue weighted by atomic mass is 16.6. The van der Waals surface area contributed by atoms with Gasteiger partial charge < -0.3 is 4.98 Å². The van der Waals surface area contributed by atoms with Crippen LogP contribution in [0.1, 0.15) is 42.6 Å². The maximum Gasteiger partial charge on any atom is 0.287 e. The van der Waals surface area contributed by atoms with Crippen LogP contribution in [0.2, 0.25) is 0 Å². The van der Waals surface area contributed by atoms with Gasteiger partial charge in [0.15, 0.2) is 5.78 Å². The number of aromatic nitrogens is 1. The zero-order valence-electron chi connectivity index (χ0n) is 11.1. The normalized spacial score (nSPS) is 16.7. The van der Waals surface area contributed by atoms with E-state index in [-0.39, 0.29) is 11.5 Å². The zero-order valence-corrected chi connectivity index (χ0v) is 11.1. The number of nitro groups is 1. The van der Waals surface area contributed by atoms with Gasteiger partial charge in [0.1, 0.15) is 0 Å². The van der Waals surface area contributed by atoms with Gasteiger partial charge >= 0.3 is 0 Å². The predicted octanol–water partition coefficient (Wildman–Crippen LogP) is 2.37. The van der Waals surface area contributed by atoms with Crippen molar-refractivity contribution < 1.29 is 9.72 Å². The number of rotatable bonds is 5. The highest BCUT2D eigenvalue weighted by Gasteiger charge is 2.21. The average molecular weight is 265 g/mol. The summed E-state index contributed by atoms with van der Waals surface area (Å²) in [4.78, 5) is 26.8. The molecule has 1 aromatic heterocycles. The van der Waals surface area contributed by atoms with Gasteiger partial charge in [0.05, 0.1) is 23.4 Å². The molecule has 0 amide bonds. The van der Waals surface area contributed by atoms with Crippen LogP contribution in [0.5, 0.6) is 0 Å². The first kappa shape index (κ1) is 13.7. The number of aromatic amines is 1. The van der Waals surface area contributed by atoms with Crippen molar-refractivity contribution in [3.63, 3.8) is 0 Å². The minimum Gasteiger partial charge on any atom is -0.353 e. The number of likely N-dealkylation sites (N-methyl/N-ethyl adjacent to an activating group) is 1. The van der Waals surface area contributed by atoms with Crippen LogP contribution in [0.4, 0.5) is 5.69 Å². The Morgan fingerprint density at radius 1 is 1.47 bits per heavy atom. The molecule has 6 nitrogen and oxygen atoms in total. The lowest BCUT2D eigenvalue weighted by Gasteiger charge is -2.30. The van der Waals surface area contributed by atoms with Crippen LogP contribution in [0.25, 0.3) is 0 Å². The fraction of sp³-hybridized carbons (Fsp3) is 0.615. The molecule has 19 heavy (non-hydrogen) atoms. The van der Waals surface area contributed by atoms with Crippen molar-refractivity contribution in [3.8, 4) is 0 Å². The van der Waals surface area contributed by atoms with Crippen molar-refractivity contribution >= 4 is 11.5 Å². The summed E-state index contributed by atoms with van der Waals surface area (Å²) in [5.41, 5.74) is 0.248. The molecule has 0 bridgehead atoms. The molecule has 0 atom stereocenters. The molecule has 1 N–H and O–H groups in total. The molecule has 0 saturated heterocycles. The quantitative estimate of drug-likeness (QED) is 0.503. The summed E-state index contributed by atoms with van der Waals surface area (Å²) in [7, 11) is 1.95. The van der Waals surface area contributed by atoms with E-state index in [2.05, 4.69) is 9.88 Å². The first-order valence-corrected chi connectivity index (χ1v) is 6.64. The van der Waals surface area contributed by atoms with Crippen LogP contribution in [0, 0.1) is 10.1 Å². The van der Waals surface area contributed by atoms with Crippen molar-refractivity contribution in [2.45, 2.75) is 38.1 Å². The molecule has 1 fully saturated rings. The van der Waals surface area contributed by atoms with Gasteiger partial charge in [-0.3, -0.25) is 19.8 Å². The maximum absolute atomic E-state index is 12.0. The van der Waals surface area contributed by atoms with Gasteiger partial charge in [0.25, 0.3) is 5.69 Å². The molecule has 0 aromatic carbocycles. The molecule has 1 aliphatic carbocycles. The average Bonchev–Trinajstić information content (AvgIpc) is 2.89. The number of nitrogens with one attached hydrogen (secondary N) is 1. The fourth-order valence-electron chi connectivity index (χ4n) is 2.61. The van der Waals surface area contributed by atoms with Crippen molar-refractivity contribution in [3.05, 3.63) is 28.1 Å². The van der Waals surface area contributed by atoms with Crippen LogP contribution >= 0.6 is 0 Å². The number of carbonyl (C=O) groups excluding carboxylic acids is 1. The zero-order chi connectivity index (χ0) is 13.8. The summed E-state index contributed by atoms with van der Waals surface area (Å²) in [6.07, 6.45) is 7.24. The van der Waals surface area contributed by atoms with Crippen molar-refractivity contribution in [1.29, 1.82) is 0 Å². The molecule has 0 aliphatic heterocycles. The summed E-state index contributed by atoms with van der Waals surface area (Å²) >= 11 is 0.